The number of ketones is 1. The third-order valence-corrected chi connectivity index (χ3v) is 4.10. The van der Waals surface area contributed by atoms with Gasteiger partial charge in [0, 0.05) is 12.0 Å². The molecule has 1 fully saturated rings. The van der Waals surface area contributed by atoms with Crippen molar-refractivity contribution in [1.29, 1.82) is 0 Å². The van der Waals surface area contributed by atoms with E-state index in [2.05, 4.69) is 4.74 Å². The third kappa shape index (κ3) is 5.94. The number of nitrogens with zero attached hydrogens (tertiary/aromatic N) is 1. The Labute approximate surface area is 169 Å². The number of nitrogens with two attached hydrogens (primary N) is 1. The zero-order valence-electron chi connectivity index (χ0n) is 17.0. The zero-order valence-corrected chi connectivity index (χ0v) is 17.0. The number of likely N-dealkylation sites (tertiary alicyclic amines) is 1. The molecule has 0 unspecified atom stereocenters. The fourth-order valence-corrected chi connectivity index (χ4v) is 2.87. The second kappa shape index (κ2) is 8.93. The Morgan fingerprint density at radius 2 is 1.76 bits per heavy atom. The molecule has 1 aromatic rings. The summed E-state index contributed by atoms with van der Waals surface area (Å²) in [4.78, 5) is 48.8. The highest BCUT2D eigenvalue weighted by molar-refractivity contribution is 6.40. The zero-order chi connectivity index (χ0) is 21.8. The van der Waals surface area contributed by atoms with Gasteiger partial charge >= 0.3 is 12.1 Å². The number of hydrogen-bond acceptors (Lipinski definition) is 7. The summed E-state index contributed by atoms with van der Waals surface area (Å²) in [5, 5.41) is 0. The van der Waals surface area contributed by atoms with E-state index in [-0.39, 0.29) is 25.1 Å². The van der Waals surface area contributed by atoms with Gasteiger partial charge in [-0.1, -0.05) is 0 Å². The lowest BCUT2D eigenvalue weighted by atomic mass is 10.1. The van der Waals surface area contributed by atoms with Crippen molar-refractivity contribution in [3.8, 4) is 5.75 Å². The number of hydrogen-bond donors (Lipinski definition) is 1. The van der Waals surface area contributed by atoms with E-state index in [1.54, 1.807) is 27.7 Å². The van der Waals surface area contributed by atoms with Crippen molar-refractivity contribution in [3.63, 3.8) is 0 Å². The van der Waals surface area contributed by atoms with E-state index in [0.717, 1.165) is 0 Å². The van der Waals surface area contributed by atoms with Crippen LogP contribution in [0.15, 0.2) is 24.3 Å². The van der Waals surface area contributed by atoms with Crippen LogP contribution in [-0.2, 0) is 19.1 Å². The van der Waals surface area contributed by atoms with Crippen molar-refractivity contribution in [1.82, 2.24) is 4.90 Å². The van der Waals surface area contributed by atoms with Gasteiger partial charge in [-0.25, -0.2) is 9.59 Å². The van der Waals surface area contributed by atoms with Gasteiger partial charge in [0.1, 0.15) is 23.5 Å². The van der Waals surface area contributed by atoms with E-state index in [4.69, 9.17) is 15.2 Å². The van der Waals surface area contributed by atoms with Gasteiger partial charge in [0.05, 0.1) is 13.2 Å². The van der Waals surface area contributed by atoms with Crippen LogP contribution in [0.4, 0.5) is 4.79 Å². The summed E-state index contributed by atoms with van der Waals surface area (Å²) >= 11 is 0. The lowest BCUT2D eigenvalue weighted by Crippen LogP contribution is -2.45. The highest BCUT2D eigenvalue weighted by Gasteiger charge is 2.41. The number of ether oxygens (including phenoxy) is 3. The molecule has 2 atom stereocenters. The highest BCUT2D eigenvalue weighted by Crippen LogP contribution is 2.25. The second-order valence-corrected chi connectivity index (χ2v) is 7.60. The number of esters is 1. The molecule has 1 aliphatic heterocycles. The summed E-state index contributed by atoms with van der Waals surface area (Å²) in [6, 6.07) is 5.12. The van der Waals surface area contributed by atoms with Crippen molar-refractivity contribution in [3.05, 3.63) is 29.8 Å². The van der Waals surface area contributed by atoms with E-state index >= 15 is 0 Å². The maximum atomic E-state index is 12.4. The van der Waals surface area contributed by atoms with Crippen molar-refractivity contribution < 1.29 is 33.4 Å². The van der Waals surface area contributed by atoms with Crippen LogP contribution in [-0.4, -0.2) is 59.6 Å². The maximum absolute atomic E-state index is 12.4. The molecule has 29 heavy (non-hydrogen) atoms. The van der Waals surface area contributed by atoms with Crippen LogP contribution in [0.3, 0.4) is 0 Å². The van der Waals surface area contributed by atoms with Gasteiger partial charge in [-0.2, -0.15) is 0 Å². The van der Waals surface area contributed by atoms with E-state index in [1.165, 1.54) is 29.2 Å². The first kappa shape index (κ1) is 22.2. The van der Waals surface area contributed by atoms with Gasteiger partial charge in [0.2, 0.25) is 5.91 Å². The van der Waals surface area contributed by atoms with Crippen LogP contribution in [0.5, 0.6) is 5.75 Å². The lowest BCUT2D eigenvalue weighted by molar-refractivity contribution is -0.137. The summed E-state index contributed by atoms with van der Waals surface area (Å²) < 4.78 is 15.8. The minimum atomic E-state index is -0.922. The largest absolute Gasteiger partial charge is 0.488 e. The number of carbonyl (C=O) groups is 4. The highest BCUT2D eigenvalue weighted by atomic mass is 16.6. The first-order valence-corrected chi connectivity index (χ1v) is 9.29. The summed E-state index contributed by atoms with van der Waals surface area (Å²) in [5.74, 6) is -1.89. The van der Waals surface area contributed by atoms with Crippen molar-refractivity contribution in [2.45, 2.75) is 51.9 Å². The summed E-state index contributed by atoms with van der Waals surface area (Å²) in [7, 11) is 0. The Morgan fingerprint density at radius 1 is 1.14 bits per heavy atom. The van der Waals surface area contributed by atoms with E-state index in [1.807, 2.05) is 0 Å². The molecular formula is C20H26N2O7. The van der Waals surface area contributed by atoms with Crippen molar-refractivity contribution in [2.24, 2.45) is 5.73 Å². The fourth-order valence-electron chi connectivity index (χ4n) is 2.87. The third-order valence-electron chi connectivity index (χ3n) is 4.10. The summed E-state index contributed by atoms with van der Waals surface area (Å²) in [5.41, 5.74) is 4.89. The molecule has 0 saturated carbocycles. The number of primary amides is 1. The summed E-state index contributed by atoms with van der Waals surface area (Å²) in [6.07, 6.45) is -0.896. The topological polar surface area (TPSA) is 125 Å². The minimum absolute atomic E-state index is 0.114. The average Bonchev–Trinajstić information content (AvgIpc) is 3.05. The quantitative estimate of drug-likeness (QED) is 0.433. The van der Waals surface area contributed by atoms with Crippen LogP contribution in [0, 0.1) is 0 Å². The molecule has 2 N–H and O–H groups in total. The number of amides is 2. The molecule has 2 rings (SSSR count). The Kier molecular flexibility index (Phi) is 6.84. The Morgan fingerprint density at radius 3 is 2.28 bits per heavy atom. The predicted octanol–water partition coefficient (Wildman–Crippen LogP) is 1.67. The standard InChI is InChI=1S/C20H26N2O7/c1-5-27-18(25)16(23)12-6-8-13(9-7-12)28-14-10-15(17(21)24)22(11-14)19(26)29-20(2,3)4/h6-9,14-15H,5,10-11H2,1-4H3,(H2,21,24)/t14-,15-/m0/s1. The van der Waals surface area contributed by atoms with E-state index < -0.39 is 41.5 Å². The number of benzene rings is 1. The van der Waals surface area contributed by atoms with Crippen LogP contribution in [0.25, 0.3) is 0 Å². The molecular weight excluding hydrogens is 380 g/mol. The number of carbonyl (C=O) groups excluding carboxylic acids is 4. The van der Waals surface area contributed by atoms with Gasteiger partial charge < -0.3 is 19.9 Å². The maximum Gasteiger partial charge on any atom is 0.411 e. The predicted molar refractivity (Wildman–Crippen MR) is 102 cm³/mol. The van der Waals surface area contributed by atoms with E-state index in [0.29, 0.717) is 5.75 Å². The number of Topliss-reactive ketones (excluding diaryl/α,β-unsaturated/α-hetero) is 1. The Hall–Kier alpha value is -3.10. The first-order chi connectivity index (χ1) is 13.5. The van der Waals surface area contributed by atoms with Gasteiger partial charge in [-0.15, -0.1) is 0 Å². The van der Waals surface area contributed by atoms with Crippen LogP contribution in [0.2, 0.25) is 0 Å². The molecule has 9 nitrogen and oxygen atoms in total. The van der Waals surface area contributed by atoms with Crippen molar-refractivity contribution >= 4 is 23.8 Å². The Balaban J connectivity index is 2.04. The van der Waals surface area contributed by atoms with Crippen LogP contribution in [0.1, 0.15) is 44.5 Å². The molecule has 1 heterocycles. The minimum Gasteiger partial charge on any atom is -0.488 e. The van der Waals surface area contributed by atoms with Crippen LogP contribution < -0.4 is 10.5 Å². The van der Waals surface area contributed by atoms with Gasteiger partial charge in [0.15, 0.2) is 0 Å². The SMILES string of the molecule is CCOC(=O)C(=O)c1ccc(O[C@H]2C[C@@H](C(N)=O)N(C(=O)OC(C)(C)C)C2)cc1. The van der Waals surface area contributed by atoms with Gasteiger partial charge in [-0.3, -0.25) is 14.5 Å². The van der Waals surface area contributed by atoms with E-state index in [9.17, 15) is 19.2 Å². The van der Waals surface area contributed by atoms with Crippen molar-refractivity contribution in [2.75, 3.05) is 13.2 Å². The smallest absolute Gasteiger partial charge is 0.411 e. The summed E-state index contributed by atoms with van der Waals surface area (Å²) in [6.45, 7) is 7.05. The molecule has 0 aromatic heterocycles. The molecule has 0 bridgehead atoms. The monoisotopic (exact) mass is 406 g/mol. The average molecular weight is 406 g/mol. The van der Waals surface area contributed by atoms with Gasteiger partial charge in [-0.05, 0) is 52.0 Å². The normalized spacial score (nSPS) is 18.8. The van der Waals surface area contributed by atoms with Gasteiger partial charge in [0.25, 0.3) is 5.78 Å². The molecule has 1 saturated heterocycles. The molecule has 2 amide bonds. The molecule has 1 aliphatic rings. The lowest BCUT2D eigenvalue weighted by Gasteiger charge is -2.27. The molecule has 0 spiro atoms. The second-order valence-electron chi connectivity index (χ2n) is 7.60. The molecule has 1 aromatic carbocycles. The van der Waals surface area contributed by atoms with Crippen LogP contribution >= 0.6 is 0 Å². The molecule has 0 radical (unpaired) electrons. The molecule has 0 aliphatic carbocycles. The fraction of sp³-hybridized carbons (Fsp3) is 0.500. The Bertz CT molecular complexity index is 783. The number of rotatable bonds is 6. The molecule has 9 heteroatoms. The first-order valence-electron chi connectivity index (χ1n) is 9.29. The molecule has 158 valence electrons.